The van der Waals surface area contributed by atoms with E-state index < -0.39 is 23.5 Å². The van der Waals surface area contributed by atoms with Crippen LogP contribution in [0.1, 0.15) is 52.6 Å². The molecule has 1 N–H and O–H groups in total. The number of carbonyl (C=O) groups is 1. The van der Waals surface area contributed by atoms with E-state index in [0.29, 0.717) is 24.4 Å². The highest BCUT2D eigenvalue weighted by Crippen LogP contribution is 2.38. The van der Waals surface area contributed by atoms with E-state index in [1.165, 1.54) is 13.0 Å². The second-order valence-electron chi connectivity index (χ2n) is 8.42. The van der Waals surface area contributed by atoms with E-state index in [1.807, 2.05) is 30.3 Å². The number of benzene rings is 1. The summed E-state index contributed by atoms with van der Waals surface area (Å²) in [5.41, 5.74) is 0.697. The molecular weight excluding hydrogens is 425 g/mol. The lowest BCUT2D eigenvalue weighted by Crippen LogP contribution is -2.40. The Morgan fingerprint density at radius 2 is 2.12 bits per heavy atom. The Balaban J connectivity index is 1.37. The number of carbonyl (C=O) groups excluding carboxylic acids is 1. The van der Waals surface area contributed by atoms with Crippen molar-refractivity contribution < 1.29 is 18.0 Å². The zero-order chi connectivity index (χ0) is 22.6. The van der Waals surface area contributed by atoms with Crippen molar-refractivity contribution in [2.24, 2.45) is 0 Å². The van der Waals surface area contributed by atoms with Crippen molar-refractivity contribution in [3.05, 3.63) is 89.9 Å². The Morgan fingerprint density at radius 1 is 1.24 bits per heavy atom. The maximum absolute atomic E-state index is 14.9. The molecule has 3 aromatic heterocycles. The number of rotatable bonds is 3. The molecular formula is C24H20FN5O3. The first kappa shape index (κ1) is 19.7. The zero-order valence-electron chi connectivity index (χ0n) is 17.7. The number of hydrogen-bond donors (Lipinski definition) is 1. The number of nitrogens with zero attached hydrogens (tertiary/aromatic N) is 4. The minimum absolute atomic E-state index is 0.0571. The number of para-hydroxylation sites is 1. The Morgan fingerprint density at radius 3 is 2.97 bits per heavy atom. The van der Waals surface area contributed by atoms with Gasteiger partial charge in [-0.1, -0.05) is 36.4 Å². The second-order valence-corrected chi connectivity index (χ2v) is 8.42. The van der Waals surface area contributed by atoms with Crippen LogP contribution in [-0.4, -0.2) is 43.2 Å². The predicted octanol–water partition coefficient (Wildman–Crippen LogP) is 4.26. The summed E-state index contributed by atoms with van der Waals surface area (Å²) >= 11 is 0. The molecule has 3 atom stereocenters. The molecule has 0 radical (unpaired) electrons. The number of halogens is 1. The Bertz CT molecular complexity index is 1380. The number of fused-ring (bicyclic) bond motifs is 2. The largest absolute Gasteiger partial charge is 0.458 e. The topological polar surface area (TPSA) is 101 Å². The van der Waals surface area contributed by atoms with Crippen molar-refractivity contribution in [3.8, 4) is 0 Å². The third-order valence-corrected chi connectivity index (χ3v) is 6.23. The summed E-state index contributed by atoms with van der Waals surface area (Å²) in [6.45, 7) is 1.84. The van der Waals surface area contributed by atoms with Gasteiger partial charge in [0.15, 0.2) is 0 Å². The van der Waals surface area contributed by atoms with Gasteiger partial charge >= 0.3 is 11.8 Å². The van der Waals surface area contributed by atoms with E-state index >= 15 is 0 Å². The van der Waals surface area contributed by atoms with Crippen LogP contribution in [0.2, 0.25) is 0 Å². The lowest BCUT2D eigenvalue weighted by molar-refractivity contribution is 0.0627. The Labute approximate surface area is 187 Å². The molecule has 0 saturated carbocycles. The van der Waals surface area contributed by atoms with Gasteiger partial charge in [-0.2, -0.15) is 0 Å². The molecule has 0 bridgehead atoms. The number of H-pyrrole nitrogens is 1. The quantitative estimate of drug-likeness (QED) is 0.506. The van der Waals surface area contributed by atoms with Gasteiger partial charge in [-0.05, 0) is 25.1 Å². The molecule has 2 unspecified atom stereocenters. The first-order valence-corrected chi connectivity index (χ1v) is 10.7. The van der Waals surface area contributed by atoms with Gasteiger partial charge in [0, 0.05) is 24.0 Å². The second kappa shape index (κ2) is 7.26. The average Bonchev–Trinajstić information content (AvgIpc) is 3.56. The lowest BCUT2D eigenvalue weighted by Gasteiger charge is -2.32. The van der Waals surface area contributed by atoms with E-state index in [1.54, 1.807) is 29.5 Å². The highest BCUT2D eigenvalue weighted by atomic mass is 19.1. The van der Waals surface area contributed by atoms with Crippen LogP contribution in [0.15, 0.2) is 69.8 Å². The molecule has 33 heavy (non-hydrogen) atoms. The van der Waals surface area contributed by atoms with Crippen LogP contribution in [0.4, 0.5) is 4.39 Å². The van der Waals surface area contributed by atoms with Gasteiger partial charge in [-0.15, -0.1) is 10.2 Å². The minimum atomic E-state index is -1.69. The van der Waals surface area contributed by atoms with Crippen molar-refractivity contribution in [1.82, 2.24) is 25.1 Å². The van der Waals surface area contributed by atoms with E-state index in [2.05, 4.69) is 20.2 Å². The summed E-state index contributed by atoms with van der Waals surface area (Å²) in [4.78, 5) is 22.7. The average molecular weight is 445 g/mol. The summed E-state index contributed by atoms with van der Waals surface area (Å²) in [5.74, 6) is -0.759. The molecule has 9 heteroatoms. The molecule has 1 aromatic carbocycles. The van der Waals surface area contributed by atoms with Crippen LogP contribution in [0.3, 0.4) is 0 Å². The van der Waals surface area contributed by atoms with Gasteiger partial charge in [-0.25, -0.2) is 9.37 Å². The van der Waals surface area contributed by atoms with Crippen molar-refractivity contribution in [1.29, 1.82) is 0 Å². The molecule has 2 aliphatic rings. The van der Waals surface area contributed by atoms with Gasteiger partial charge in [0.05, 0.1) is 17.9 Å². The third-order valence-electron chi connectivity index (χ3n) is 6.23. The van der Waals surface area contributed by atoms with Crippen LogP contribution in [-0.2, 0) is 6.42 Å². The molecule has 8 nitrogen and oxygen atoms in total. The summed E-state index contributed by atoms with van der Waals surface area (Å²) < 4.78 is 26.7. The number of aromatic nitrogens is 4. The SMILES string of the molecule is CC1(F)C=CC=C[C@H]1c1nnc(C(=O)N2CCc3[nH]cnc3C2c2cc3ccccc3o2)o1. The van der Waals surface area contributed by atoms with Crippen LogP contribution in [0.25, 0.3) is 11.0 Å². The molecule has 4 heterocycles. The highest BCUT2D eigenvalue weighted by molar-refractivity contribution is 5.90. The number of alkyl halides is 1. The molecule has 4 aromatic rings. The number of furan rings is 1. The lowest BCUT2D eigenvalue weighted by atomic mass is 9.87. The Hall–Kier alpha value is -4.01. The number of allylic oxidation sites excluding steroid dienone is 4. The standard InChI is InChI=1S/C24H20FN5O3/c1-24(25)10-5-4-7-15(24)21-28-29-22(33-21)23(31)30-11-9-16-19(27-13-26-16)20(30)18-12-14-6-2-3-8-17(14)32-18/h2-8,10,12-13,15,20H,9,11H2,1H3,(H,26,27)/t15-,20?,24?/m0/s1. The van der Waals surface area contributed by atoms with E-state index in [9.17, 15) is 9.18 Å². The summed E-state index contributed by atoms with van der Waals surface area (Å²) in [5, 5.41) is 8.87. The molecule has 6 rings (SSSR count). The van der Waals surface area contributed by atoms with E-state index in [0.717, 1.165) is 16.7 Å². The zero-order valence-corrected chi connectivity index (χ0v) is 17.7. The van der Waals surface area contributed by atoms with Gasteiger partial charge in [0.25, 0.3) is 0 Å². The van der Waals surface area contributed by atoms with Crippen LogP contribution < -0.4 is 0 Å². The smallest absolute Gasteiger partial charge is 0.312 e. The summed E-state index contributed by atoms with van der Waals surface area (Å²) in [6.07, 6.45) is 8.65. The molecule has 0 saturated heterocycles. The Kier molecular flexibility index (Phi) is 4.33. The molecule has 1 amide bonds. The van der Waals surface area contributed by atoms with E-state index in [-0.39, 0.29) is 11.8 Å². The first-order valence-electron chi connectivity index (χ1n) is 10.7. The third kappa shape index (κ3) is 3.19. The highest BCUT2D eigenvalue weighted by Gasteiger charge is 2.40. The van der Waals surface area contributed by atoms with Gasteiger partial charge in [0.1, 0.15) is 23.1 Å². The van der Waals surface area contributed by atoms with Gasteiger partial charge in [0.2, 0.25) is 5.89 Å². The molecule has 0 spiro atoms. The predicted molar refractivity (Wildman–Crippen MR) is 116 cm³/mol. The molecule has 1 aliphatic heterocycles. The van der Waals surface area contributed by atoms with Crippen LogP contribution >= 0.6 is 0 Å². The van der Waals surface area contributed by atoms with Crippen molar-refractivity contribution in [2.75, 3.05) is 6.54 Å². The molecule has 0 fully saturated rings. The normalized spacial score (nSPS) is 24.4. The first-order chi connectivity index (χ1) is 16.0. The fraction of sp³-hybridized carbons (Fsp3) is 0.250. The minimum Gasteiger partial charge on any atom is -0.458 e. The van der Waals surface area contributed by atoms with Gasteiger partial charge < -0.3 is 18.7 Å². The number of nitrogens with one attached hydrogen (secondary N) is 1. The van der Waals surface area contributed by atoms with Crippen LogP contribution in [0, 0.1) is 0 Å². The van der Waals surface area contributed by atoms with Crippen molar-refractivity contribution in [2.45, 2.75) is 31.0 Å². The molecule has 1 aliphatic carbocycles. The van der Waals surface area contributed by atoms with Crippen molar-refractivity contribution >= 4 is 16.9 Å². The summed E-state index contributed by atoms with van der Waals surface area (Å²) in [7, 11) is 0. The maximum Gasteiger partial charge on any atom is 0.312 e. The number of amides is 1. The summed E-state index contributed by atoms with van der Waals surface area (Å²) in [6, 6.07) is 9.01. The fourth-order valence-electron chi connectivity index (χ4n) is 4.52. The van der Waals surface area contributed by atoms with Gasteiger partial charge in [-0.3, -0.25) is 4.79 Å². The van der Waals surface area contributed by atoms with E-state index in [4.69, 9.17) is 8.83 Å². The number of aromatic amines is 1. The number of imidazole rings is 1. The van der Waals surface area contributed by atoms with Crippen LogP contribution in [0.5, 0.6) is 0 Å². The fourth-order valence-corrected chi connectivity index (χ4v) is 4.52. The van der Waals surface area contributed by atoms with Crippen molar-refractivity contribution in [3.63, 3.8) is 0 Å². The number of hydrogen-bond acceptors (Lipinski definition) is 6. The molecule has 166 valence electrons. The maximum atomic E-state index is 14.9. The monoisotopic (exact) mass is 445 g/mol.